The van der Waals surface area contributed by atoms with Gasteiger partial charge in [0.05, 0.1) is 16.1 Å². The van der Waals surface area contributed by atoms with Gasteiger partial charge in [-0.2, -0.15) is 0 Å². The van der Waals surface area contributed by atoms with E-state index >= 15 is 0 Å². The molecule has 1 aromatic heterocycles. The summed E-state index contributed by atoms with van der Waals surface area (Å²) in [4.78, 5) is 20.6. The first-order valence-electron chi connectivity index (χ1n) is 11.0. The molecule has 1 amide bonds. The fourth-order valence-electron chi connectivity index (χ4n) is 3.69. The largest absolute Gasteiger partial charge is 0.456 e. The van der Waals surface area contributed by atoms with Crippen molar-refractivity contribution in [2.75, 3.05) is 6.54 Å². The first-order valence-corrected chi connectivity index (χ1v) is 11.4. The van der Waals surface area contributed by atoms with E-state index < -0.39 is 0 Å². The van der Waals surface area contributed by atoms with Gasteiger partial charge in [-0.3, -0.25) is 4.79 Å². The first-order chi connectivity index (χ1) is 16.7. The van der Waals surface area contributed by atoms with Crippen LogP contribution in [-0.2, 0) is 6.42 Å². The molecule has 0 spiro atoms. The standard InChI is InChI=1S/C28H22ClN3O2/c29-23-8-4-5-9-26(23)34-22-13-10-20(11-14-22)27-31-24-15-12-21(18-25(24)32-27)28(33)30-17-16-19-6-2-1-3-7-19/h1-15,18H,16-17H2,(H,30,33)(H,31,32). The number of hydrogen-bond acceptors (Lipinski definition) is 3. The number of nitrogens with zero attached hydrogens (tertiary/aromatic N) is 1. The molecule has 0 unspecified atom stereocenters. The van der Waals surface area contributed by atoms with E-state index in [0.29, 0.717) is 28.6 Å². The zero-order chi connectivity index (χ0) is 23.3. The van der Waals surface area contributed by atoms with Crippen LogP contribution in [0.5, 0.6) is 11.5 Å². The summed E-state index contributed by atoms with van der Waals surface area (Å²) in [6, 6.07) is 30.5. The number of carbonyl (C=O) groups is 1. The maximum atomic E-state index is 12.6. The monoisotopic (exact) mass is 467 g/mol. The van der Waals surface area contributed by atoms with E-state index in [1.165, 1.54) is 5.56 Å². The van der Waals surface area contributed by atoms with Crippen molar-refractivity contribution in [2.45, 2.75) is 6.42 Å². The molecule has 0 radical (unpaired) electrons. The Morgan fingerprint density at radius 2 is 1.68 bits per heavy atom. The second-order valence-corrected chi connectivity index (χ2v) is 8.27. The lowest BCUT2D eigenvalue weighted by atomic mass is 10.1. The number of carbonyl (C=O) groups excluding carboxylic acids is 1. The molecule has 2 N–H and O–H groups in total. The summed E-state index contributed by atoms with van der Waals surface area (Å²) in [6.07, 6.45) is 0.791. The predicted molar refractivity (Wildman–Crippen MR) is 136 cm³/mol. The molecule has 5 nitrogen and oxygen atoms in total. The number of aromatic nitrogens is 2. The van der Waals surface area contributed by atoms with Crippen LogP contribution in [0.15, 0.2) is 97.1 Å². The molecular weight excluding hydrogens is 446 g/mol. The van der Waals surface area contributed by atoms with Gasteiger partial charge in [0, 0.05) is 17.7 Å². The Hall–Kier alpha value is -4.09. The molecule has 0 aliphatic carbocycles. The maximum Gasteiger partial charge on any atom is 0.251 e. The summed E-state index contributed by atoms with van der Waals surface area (Å²) in [6.45, 7) is 0.581. The molecule has 6 heteroatoms. The number of hydrogen-bond donors (Lipinski definition) is 2. The number of para-hydroxylation sites is 1. The van der Waals surface area contributed by atoms with Crippen LogP contribution in [0.25, 0.3) is 22.4 Å². The number of aromatic amines is 1. The van der Waals surface area contributed by atoms with Gasteiger partial charge in [-0.25, -0.2) is 4.98 Å². The molecule has 0 bridgehead atoms. The highest BCUT2D eigenvalue weighted by molar-refractivity contribution is 6.32. The number of amides is 1. The minimum atomic E-state index is -0.102. The first kappa shape index (κ1) is 21.7. The van der Waals surface area contributed by atoms with Gasteiger partial charge in [0.2, 0.25) is 0 Å². The molecule has 0 atom stereocenters. The van der Waals surface area contributed by atoms with Gasteiger partial charge in [0.25, 0.3) is 5.91 Å². The number of nitrogens with one attached hydrogen (secondary N) is 2. The van der Waals surface area contributed by atoms with Crippen LogP contribution in [0.4, 0.5) is 0 Å². The molecule has 0 aliphatic rings. The van der Waals surface area contributed by atoms with E-state index in [1.807, 2.05) is 72.8 Å². The number of fused-ring (bicyclic) bond motifs is 1. The predicted octanol–water partition coefficient (Wildman–Crippen LogP) is 6.65. The number of benzene rings is 4. The third-order valence-electron chi connectivity index (χ3n) is 5.48. The second-order valence-electron chi connectivity index (χ2n) is 7.87. The minimum absolute atomic E-state index is 0.102. The van der Waals surface area contributed by atoms with Gasteiger partial charge in [-0.1, -0.05) is 54.1 Å². The Kier molecular flexibility index (Phi) is 6.27. The van der Waals surface area contributed by atoms with Crippen molar-refractivity contribution < 1.29 is 9.53 Å². The lowest BCUT2D eigenvalue weighted by Crippen LogP contribution is -2.25. The van der Waals surface area contributed by atoms with Crippen molar-refractivity contribution in [3.63, 3.8) is 0 Å². The summed E-state index contributed by atoms with van der Waals surface area (Å²) < 4.78 is 5.85. The Morgan fingerprint density at radius 3 is 2.47 bits per heavy atom. The lowest BCUT2D eigenvalue weighted by molar-refractivity contribution is 0.0954. The van der Waals surface area contributed by atoms with E-state index in [-0.39, 0.29) is 5.91 Å². The number of halogens is 1. The van der Waals surface area contributed by atoms with E-state index in [4.69, 9.17) is 16.3 Å². The summed E-state index contributed by atoms with van der Waals surface area (Å²) in [7, 11) is 0. The molecule has 0 aliphatic heterocycles. The molecule has 5 rings (SSSR count). The Morgan fingerprint density at radius 1 is 0.912 bits per heavy atom. The number of imidazole rings is 1. The molecule has 168 valence electrons. The summed E-state index contributed by atoms with van der Waals surface area (Å²) in [5.41, 5.74) is 4.31. The maximum absolute atomic E-state index is 12.6. The van der Waals surface area contributed by atoms with Crippen LogP contribution in [0.1, 0.15) is 15.9 Å². The number of rotatable bonds is 7. The zero-order valence-corrected chi connectivity index (χ0v) is 19.0. The fourth-order valence-corrected chi connectivity index (χ4v) is 3.86. The van der Waals surface area contributed by atoms with E-state index in [0.717, 1.165) is 28.8 Å². The Labute approximate surface area is 202 Å². The van der Waals surface area contributed by atoms with Crippen molar-refractivity contribution in [3.05, 3.63) is 113 Å². The smallest absolute Gasteiger partial charge is 0.251 e. The van der Waals surface area contributed by atoms with Crippen LogP contribution in [-0.4, -0.2) is 22.4 Å². The number of ether oxygens (including phenoxy) is 1. The lowest BCUT2D eigenvalue weighted by Gasteiger charge is -2.07. The van der Waals surface area contributed by atoms with Crippen LogP contribution in [0, 0.1) is 0 Å². The SMILES string of the molecule is O=C(NCCc1ccccc1)c1ccc2nc(-c3ccc(Oc4ccccc4Cl)cc3)[nH]c2c1. The van der Waals surface area contributed by atoms with Crippen molar-refractivity contribution in [1.29, 1.82) is 0 Å². The average molecular weight is 468 g/mol. The molecule has 4 aromatic carbocycles. The molecule has 0 fully saturated rings. The Bertz CT molecular complexity index is 1430. The zero-order valence-electron chi connectivity index (χ0n) is 18.3. The summed E-state index contributed by atoms with van der Waals surface area (Å²) in [5.74, 6) is 1.91. The summed E-state index contributed by atoms with van der Waals surface area (Å²) >= 11 is 6.17. The fraction of sp³-hybridized carbons (Fsp3) is 0.0714. The van der Waals surface area contributed by atoms with Crippen LogP contribution in [0.2, 0.25) is 5.02 Å². The van der Waals surface area contributed by atoms with Gasteiger partial charge < -0.3 is 15.0 Å². The third kappa shape index (κ3) is 4.95. The molecule has 1 heterocycles. The molecular formula is C28H22ClN3O2. The Balaban J connectivity index is 1.27. The summed E-state index contributed by atoms with van der Waals surface area (Å²) in [5, 5.41) is 3.54. The molecule has 5 aromatic rings. The molecule has 34 heavy (non-hydrogen) atoms. The van der Waals surface area contributed by atoms with E-state index in [9.17, 15) is 4.79 Å². The van der Waals surface area contributed by atoms with Crippen molar-refractivity contribution in [1.82, 2.24) is 15.3 Å². The van der Waals surface area contributed by atoms with Gasteiger partial charge in [-0.15, -0.1) is 0 Å². The normalized spacial score (nSPS) is 10.9. The van der Waals surface area contributed by atoms with Gasteiger partial charge in [0.15, 0.2) is 0 Å². The topological polar surface area (TPSA) is 67.0 Å². The van der Waals surface area contributed by atoms with Crippen molar-refractivity contribution in [2.24, 2.45) is 0 Å². The van der Waals surface area contributed by atoms with Crippen LogP contribution in [0.3, 0.4) is 0 Å². The second kappa shape index (κ2) is 9.81. The van der Waals surface area contributed by atoms with Gasteiger partial charge in [-0.05, 0) is 66.6 Å². The third-order valence-corrected chi connectivity index (χ3v) is 5.79. The van der Waals surface area contributed by atoms with Crippen molar-refractivity contribution in [3.8, 4) is 22.9 Å². The van der Waals surface area contributed by atoms with Crippen molar-refractivity contribution >= 4 is 28.5 Å². The highest BCUT2D eigenvalue weighted by atomic mass is 35.5. The van der Waals surface area contributed by atoms with E-state index in [1.54, 1.807) is 12.1 Å². The highest BCUT2D eigenvalue weighted by Gasteiger charge is 2.11. The van der Waals surface area contributed by atoms with Crippen LogP contribution >= 0.6 is 11.6 Å². The molecule has 0 saturated carbocycles. The molecule has 0 saturated heterocycles. The van der Waals surface area contributed by atoms with Crippen LogP contribution < -0.4 is 10.1 Å². The average Bonchev–Trinajstić information content (AvgIpc) is 3.30. The highest BCUT2D eigenvalue weighted by Crippen LogP contribution is 2.30. The number of H-pyrrole nitrogens is 1. The quantitative estimate of drug-likeness (QED) is 0.281. The van der Waals surface area contributed by atoms with E-state index in [2.05, 4.69) is 27.4 Å². The minimum Gasteiger partial charge on any atom is -0.456 e. The van der Waals surface area contributed by atoms with Gasteiger partial charge in [0.1, 0.15) is 17.3 Å². The van der Waals surface area contributed by atoms with Gasteiger partial charge >= 0.3 is 0 Å².